The van der Waals surface area contributed by atoms with Gasteiger partial charge in [-0.1, -0.05) is 13.0 Å². The van der Waals surface area contributed by atoms with Crippen LogP contribution in [0.4, 0.5) is 5.69 Å². The number of anilines is 1. The minimum atomic E-state index is 0.126. The maximum absolute atomic E-state index is 12.4. The highest BCUT2D eigenvalue weighted by Crippen LogP contribution is 2.21. The van der Waals surface area contributed by atoms with E-state index in [-0.39, 0.29) is 5.91 Å². The van der Waals surface area contributed by atoms with Crippen molar-refractivity contribution in [1.29, 1.82) is 0 Å². The molecule has 1 atom stereocenters. The summed E-state index contributed by atoms with van der Waals surface area (Å²) in [6.45, 7) is 5.85. The Labute approximate surface area is 103 Å². The summed E-state index contributed by atoms with van der Waals surface area (Å²) in [6, 6.07) is 5.56. The van der Waals surface area contributed by atoms with Gasteiger partial charge in [0.15, 0.2) is 0 Å². The molecule has 1 aliphatic rings. The molecule has 0 bridgehead atoms. The summed E-state index contributed by atoms with van der Waals surface area (Å²) in [5.74, 6) is 0.732. The summed E-state index contributed by atoms with van der Waals surface area (Å²) in [5, 5.41) is 0. The third-order valence-electron chi connectivity index (χ3n) is 3.55. The van der Waals surface area contributed by atoms with E-state index in [9.17, 15) is 4.79 Å². The Hall–Kier alpha value is -1.51. The quantitative estimate of drug-likeness (QED) is 0.756. The van der Waals surface area contributed by atoms with E-state index >= 15 is 0 Å². The van der Waals surface area contributed by atoms with Crippen molar-refractivity contribution in [1.82, 2.24) is 4.90 Å². The normalized spacial score (nSPS) is 20.4. The first-order valence-corrected chi connectivity index (χ1v) is 6.24. The number of nitrogen functional groups attached to an aromatic ring is 1. The Kier molecular flexibility index (Phi) is 3.36. The molecule has 17 heavy (non-hydrogen) atoms. The smallest absolute Gasteiger partial charge is 0.254 e. The van der Waals surface area contributed by atoms with Crippen LogP contribution >= 0.6 is 0 Å². The zero-order valence-electron chi connectivity index (χ0n) is 10.6. The molecule has 1 aliphatic heterocycles. The number of nitrogens with two attached hydrogens (primary N) is 1. The molecule has 0 aliphatic carbocycles. The van der Waals surface area contributed by atoms with Crippen LogP contribution in [0.15, 0.2) is 18.2 Å². The second kappa shape index (κ2) is 4.78. The van der Waals surface area contributed by atoms with E-state index in [1.807, 2.05) is 30.0 Å². The molecular formula is C14H20N2O. The Morgan fingerprint density at radius 1 is 1.47 bits per heavy atom. The first-order valence-electron chi connectivity index (χ1n) is 6.24. The SMILES string of the molecule is Cc1c(N)cccc1C(=O)N1CCCC(C)C1. The molecule has 3 nitrogen and oxygen atoms in total. The molecule has 0 radical (unpaired) electrons. The zero-order chi connectivity index (χ0) is 12.4. The van der Waals surface area contributed by atoms with Crippen molar-refractivity contribution in [2.24, 2.45) is 5.92 Å². The Balaban J connectivity index is 2.22. The molecule has 0 aromatic heterocycles. The molecule has 0 saturated carbocycles. The zero-order valence-corrected chi connectivity index (χ0v) is 10.6. The second-order valence-corrected chi connectivity index (χ2v) is 5.02. The van der Waals surface area contributed by atoms with Gasteiger partial charge in [0.05, 0.1) is 0 Å². The number of likely N-dealkylation sites (tertiary alicyclic amines) is 1. The lowest BCUT2D eigenvalue weighted by Crippen LogP contribution is -2.39. The summed E-state index contributed by atoms with van der Waals surface area (Å²) in [5.41, 5.74) is 8.19. The van der Waals surface area contributed by atoms with E-state index in [2.05, 4.69) is 6.92 Å². The molecule has 1 amide bonds. The molecule has 1 fully saturated rings. The summed E-state index contributed by atoms with van der Waals surface area (Å²) < 4.78 is 0. The van der Waals surface area contributed by atoms with Gasteiger partial charge in [0.1, 0.15) is 0 Å². The summed E-state index contributed by atoms with van der Waals surface area (Å²) in [6.07, 6.45) is 2.33. The molecular weight excluding hydrogens is 212 g/mol. The first-order chi connectivity index (χ1) is 8.09. The van der Waals surface area contributed by atoms with Crippen molar-refractivity contribution in [2.75, 3.05) is 18.8 Å². The fourth-order valence-corrected chi connectivity index (χ4v) is 2.43. The highest BCUT2D eigenvalue weighted by atomic mass is 16.2. The number of hydrogen-bond acceptors (Lipinski definition) is 2. The summed E-state index contributed by atoms with van der Waals surface area (Å²) in [7, 11) is 0. The lowest BCUT2D eigenvalue weighted by molar-refractivity contribution is 0.0682. The van der Waals surface area contributed by atoms with Gasteiger partial charge >= 0.3 is 0 Å². The molecule has 1 aromatic carbocycles. The molecule has 1 unspecified atom stereocenters. The van der Waals surface area contributed by atoms with E-state index in [0.717, 1.165) is 30.6 Å². The minimum absolute atomic E-state index is 0.126. The predicted molar refractivity (Wildman–Crippen MR) is 69.9 cm³/mol. The number of piperidine rings is 1. The third kappa shape index (κ3) is 2.43. The Morgan fingerprint density at radius 2 is 2.24 bits per heavy atom. The second-order valence-electron chi connectivity index (χ2n) is 5.02. The molecule has 0 spiro atoms. The molecule has 1 saturated heterocycles. The van der Waals surface area contributed by atoms with Crippen molar-refractivity contribution in [2.45, 2.75) is 26.7 Å². The Bertz CT molecular complexity index is 428. The molecule has 1 heterocycles. The van der Waals surface area contributed by atoms with Crippen LogP contribution in [0.1, 0.15) is 35.7 Å². The van der Waals surface area contributed by atoms with E-state index in [0.29, 0.717) is 11.6 Å². The maximum atomic E-state index is 12.4. The number of benzene rings is 1. The van der Waals surface area contributed by atoms with Gasteiger partial charge in [-0.3, -0.25) is 4.79 Å². The van der Waals surface area contributed by atoms with Gasteiger partial charge < -0.3 is 10.6 Å². The highest BCUT2D eigenvalue weighted by Gasteiger charge is 2.23. The van der Waals surface area contributed by atoms with Gasteiger partial charge in [0, 0.05) is 24.3 Å². The van der Waals surface area contributed by atoms with Crippen LogP contribution in [0.3, 0.4) is 0 Å². The number of hydrogen-bond donors (Lipinski definition) is 1. The average Bonchev–Trinajstić information content (AvgIpc) is 2.32. The van der Waals surface area contributed by atoms with Gasteiger partial charge in [-0.25, -0.2) is 0 Å². The maximum Gasteiger partial charge on any atom is 0.254 e. The average molecular weight is 232 g/mol. The van der Waals surface area contributed by atoms with Crippen LogP contribution in [-0.4, -0.2) is 23.9 Å². The minimum Gasteiger partial charge on any atom is -0.398 e. The number of carbonyl (C=O) groups excluding carboxylic acids is 1. The summed E-state index contributed by atoms with van der Waals surface area (Å²) >= 11 is 0. The van der Waals surface area contributed by atoms with Crippen molar-refractivity contribution in [3.63, 3.8) is 0 Å². The molecule has 1 aromatic rings. The molecule has 2 rings (SSSR count). The third-order valence-corrected chi connectivity index (χ3v) is 3.55. The van der Waals surface area contributed by atoms with Gasteiger partial charge in [-0.05, 0) is 43.4 Å². The number of amides is 1. The largest absolute Gasteiger partial charge is 0.398 e. The van der Waals surface area contributed by atoms with Crippen LogP contribution < -0.4 is 5.73 Å². The van der Waals surface area contributed by atoms with Gasteiger partial charge in [-0.15, -0.1) is 0 Å². The molecule has 3 heteroatoms. The summed E-state index contributed by atoms with van der Waals surface area (Å²) in [4.78, 5) is 14.3. The van der Waals surface area contributed by atoms with Crippen molar-refractivity contribution >= 4 is 11.6 Å². The first kappa shape index (κ1) is 12.0. The highest BCUT2D eigenvalue weighted by molar-refractivity contribution is 5.96. The van der Waals surface area contributed by atoms with Gasteiger partial charge in [-0.2, -0.15) is 0 Å². The van der Waals surface area contributed by atoms with Crippen molar-refractivity contribution in [3.05, 3.63) is 29.3 Å². The number of rotatable bonds is 1. The lowest BCUT2D eigenvalue weighted by atomic mass is 9.98. The van der Waals surface area contributed by atoms with E-state index in [1.54, 1.807) is 0 Å². The standard InChI is InChI=1S/C14H20N2O/c1-10-5-4-8-16(9-10)14(17)12-6-3-7-13(15)11(12)2/h3,6-7,10H,4-5,8-9,15H2,1-2H3. The van der Waals surface area contributed by atoms with Crippen LogP contribution in [0.25, 0.3) is 0 Å². The monoisotopic (exact) mass is 232 g/mol. The van der Waals surface area contributed by atoms with Crippen LogP contribution in [-0.2, 0) is 0 Å². The van der Waals surface area contributed by atoms with Crippen LogP contribution in [0.5, 0.6) is 0 Å². The Morgan fingerprint density at radius 3 is 2.94 bits per heavy atom. The van der Waals surface area contributed by atoms with Gasteiger partial charge in [0.2, 0.25) is 0 Å². The lowest BCUT2D eigenvalue weighted by Gasteiger charge is -2.31. The topological polar surface area (TPSA) is 46.3 Å². The van der Waals surface area contributed by atoms with Crippen LogP contribution in [0.2, 0.25) is 0 Å². The van der Waals surface area contributed by atoms with E-state index in [4.69, 9.17) is 5.73 Å². The van der Waals surface area contributed by atoms with E-state index in [1.165, 1.54) is 6.42 Å². The van der Waals surface area contributed by atoms with Crippen molar-refractivity contribution < 1.29 is 4.79 Å². The fraction of sp³-hybridized carbons (Fsp3) is 0.500. The van der Waals surface area contributed by atoms with E-state index < -0.39 is 0 Å². The fourth-order valence-electron chi connectivity index (χ4n) is 2.43. The number of carbonyl (C=O) groups is 1. The van der Waals surface area contributed by atoms with Crippen molar-refractivity contribution in [3.8, 4) is 0 Å². The number of nitrogens with zero attached hydrogens (tertiary/aromatic N) is 1. The van der Waals surface area contributed by atoms with Crippen LogP contribution in [0, 0.1) is 12.8 Å². The molecule has 92 valence electrons. The van der Waals surface area contributed by atoms with Gasteiger partial charge in [0.25, 0.3) is 5.91 Å². The predicted octanol–water partition coefficient (Wildman–Crippen LogP) is 2.45. The molecule has 2 N–H and O–H groups in total.